The van der Waals surface area contributed by atoms with Crippen LogP contribution in [0.4, 0.5) is 0 Å². The van der Waals surface area contributed by atoms with Crippen LogP contribution in [0.2, 0.25) is 0 Å². The first-order valence-electron chi connectivity index (χ1n) is 7.16. The fraction of sp³-hybridized carbons (Fsp3) is 0.294. The first-order chi connectivity index (χ1) is 10.9. The number of methoxy groups -OCH3 is 1. The summed E-state index contributed by atoms with van der Waals surface area (Å²) < 4.78 is 10.1. The molecule has 1 aliphatic rings. The molecule has 0 atom stereocenters. The molecule has 1 aromatic rings. The van der Waals surface area contributed by atoms with Crippen LogP contribution < -0.4 is 4.74 Å². The third kappa shape index (κ3) is 2.92. The van der Waals surface area contributed by atoms with Crippen LogP contribution >= 0.6 is 0 Å². The lowest BCUT2D eigenvalue weighted by Crippen LogP contribution is -2.19. The topological polar surface area (TPSA) is 76.1 Å². The molecular weight excluding hydrogens is 298 g/mol. The number of allylic oxidation sites excluding steroid dienone is 1. The summed E-state index contributed by atoms with van der Waals surface area (Å²) >= 11 is 0. The summed E-state index contributed by atoms with van der Waals surface area (Å²) in [6.07, 6.45) is 1.47. The van der Waals surface area contributed by atoms with Gasteiger partial charge in [-0.3, -0.25) is 4.79 Å². The molecular formula is C17H19NO5. The number of para-hydroxylation sites is 1. The molecule has 1 aliphatic heterocycles. The van der Waals surface area contributed by atoms with Crippen molar-refractivity contribution in [2.45, 2.75) is 13.8 Å². The van der Waals surface area contributed by atoms with E-state index in [2.05, 4.69) is 0 Å². The van der Waals surface area contributed by atoms with E-state index in [0.29, 0.717) is 23.6 Å². The molecule has 0 radical (unpaired) electrons. The molecule has 1 heterocycles. The van der Waals surface area contributed by atoms with Crippen molar-refractivity contribution in [3.8, 4) is 11.5 Å². The molecule has 0 saturated carbocycles. The van der Waals surface area contributed by atoms with Crippen molar-refractivity contribution in [2.75, 3.05) is 20.8 Å². The van der Waals surface area contributed by atoms with Gasteiger partial charge in [-0.05, 0) is 26.0 Å². The molecule has 0 fully saturated rings. The number of rotatable bonds is 4. The second-order valence-electron chi connectivity index (χ2n) is 5.00. The first-order valence-corrected chi connectivity index (χ1v) is 7.16. The van der Waals surface area contributed by atoms with Gasteiger partial charge in [-0.2, -0.15) is 0 Å². The summed E-state index contributed by atoms with van der Waals surface area (Å²) in [7, 11) is 2.84. The third-order valence-corrected chi connectivity index (χ3v) is 3.69. The van der Waals surface area contributed by atoms with Gasteiger partial charge in [0.1, 0.15) is 0 Å². The van der Waals surface area contributed by atoms with Gasteiger partial charge in [-0.15, -0.1) is 0 Å². The van der Waals surface area contributed by atoms with Crippen LogP contribution in [0.3, 0.4) is 0 Å². The number of ether oxygens (including phenoxy) is 2. The average molecular weight is 317 g/mol. The number of aromatic hydroxyl groups is 1. The molecule has 6 nitrogen and oxygen atoms in total. The van der Waals surface area contributed by atoms with Gasteiger partial charge in [0.05, 0.1) is 24.9 Å². The van der Waals surface area contributed by atoms with Gasteiger partial charge in [-0.25, -0.2) is 4.79 Å². The minimum absolute atomic E-state index is 0.0777. The molecule has 0 bridgehead atoms. The van der Waals surface area contributed by atoms with Crippen LogP contribution in [0, 0.1) is 0 Å². The van der Waals surface area contributed by atoms with E-state index in [9.17, 15) is 14.7 Å². The molecule has 1 N–H and O–H groups in total. The quantitative estimate of drug-likeness (QED) is 0.680. The lowest BCUT2D eigenvalue weighted by atomic mass is 10.0. The maximum atomic E-state index is 12.4. The van der Waals surface area contributed by atoms with Crippen molar-refractivity contribution in [2.24, 2.45) is 0 Å². The number of benzene rings is 1. The Morgan fingerprint density at radius 1 is 1.39 bits per heavy atom. The highest BCUT2D eigenvalue weighted by Crippen LogP contribution is 2.35. The van der Waals surface area contributed by atoms with Gasteiger partial charge in [0, 0.05) is 18.3 Å². The minimum Gasteiger partial charge on any atom is -0.504 e. The highest BCUT2D eigenvalue weighted by Gasteiger charge is 2.35. The lowest BCUT2D eigenvalue weighted by molar-refractivity contribution is -0.136. The van der Waals surface area contributed by atoms with E-state index in [0.717, 1.165) is 0 Å². The predicted octanol–water partition coefficient (Wildman–Crippen LogP) is 2.09. The molecule has 2 rings (SSSR count). The molecule has 6 heteroatoms. The van der Waals surface area contributed by atoms with Crippen LogP contribution in [-0.4, -0.2) is 42.6 Å². The highest BCUT2D eigenvalue weighted by atomic mass is 16.5. The maximum absolute atomic E-state index is 12.4. The number of nitrogens with zero attached hydrogens (tertiary/aromatic N) is 1. The Hall–Kier alpha value is -2.76. The molecule has 1 amide bonds. The molecule has 0 aliphatic carbocycles. The number of carbonyl (C=O) groups is 2. The van der Waals surface area contributed by atoms with E-state index in [1.54, 1.807) is 32.2 Å². The Bertz CT molecular complexity index is 718. The van der Waals surface area contributed by atoms with E-state index < -0.39 is 5.97 Å². The van der Waals surface area contributed by atoms with Crippen molar-refractivity contribution in [3.63, 3.8) is 0 Å². The number of likely N-dealkylation sites (N-methyl/N-ethyl adjacent to an activating group) is 1. The van der Waals surface area contributed by atoms with Gasteiger partial charge in [0.25, 0.3) is 5.91 Å². The normalized spacial score (nSPS) is 16.3. The van der Waals surface area contributed by atoms with Crippen molar-refractivity contribution >= 4 is 18.0 Å². The Morgan fingerprint density at radius 2 is 2.09 bits per heavy atom. The Kier molecular flexibility index (Phi) is 4.74. The lowest BCUT2D eigenvalue weighted by Gasteiger charge is -2.09. The summed E-state index contributed by atoms with van der Waals surface area (Å²) in [5, 5.41) is 10.3. The van der Waals surface area contributed by atoms with Crippen molar-refractivity contribution in [3.05, 3.63) is 40.6 Å². The van der Waals surface area contributed by atoms with Gasteiger partial charge in [-0.1, -0.05) is 12.1 Å². The zero-order chi connectivity index (χ0) is 17.1. The van der Waals surface area contributed by atoms with Gasteiger partial charge >= 0.3 is 5.97 Å². The monoisotopic (exact) mass is 317 g/mol. The SMILES string of the molecule is CCOc1cccc(/C=C2\C(=O)N(C)C(C)=C2C(=O)OC)c1O. The van der Waals surface area contributed by atoms with Gasteiger partial charge in [0.2, 0.25) is 0 Å². The smallest absolute Gasteiger partial charge is 0.340 e. The molecule has 122 valence electrons. The Balaban J connectivity index is 2.55. The number of hydrogen-bond donors (Lipinski definition) is 1. The van der Waals surface area contributed by atoms with Crippen LogP contribution in [0.15, 0.2) is 35.0 Å². The van der Waals surface area contributed by atoms with E-state index in [1.807, 2.05) is 6.92 Å². The van der Waals surface area contributed by atoms with Crippen molar-refractivity contribution in [1.29, 1.82) is 0 Å². The second-order valence-corrected chi connectivity index (χ2v) is 5.00. The summed E-state index contributed by atoms with van der Waals surface area (Å²) in [5.74, 6) is -0.678. The number of amides is 1. The van der Waals surface area contributed by atoms with E-state index >= 15 is 0 Å². The van der Waals surface area contributed by atoms with E-state index in [4.69, 9.17) is 9.47 Å². The Labute approximate surface area is 134 Å². The van der Waals surface area contributed by atoms with Crippen LogP contribution in [0.1, 0.15) is 19.4 Å². The van der Waals surface area contributed by atoms with Crippen LogP contribution in [0.25, 0.3) is 6.08 Å². The second kappa shape index (κ2) is 6.56. The zero-order valence-corrected chi connectivity index (χ0v) is 13.5. The Morgan fingerprint density at radius 3 is 2.70 bits per heavy atom. The predicted molar refractivity (Wildman–Crippen MR) is 84.7 cm³/mol. The number of phenols is 1. The van der Waals surface area contributed by atoms with Crippen LogP contribution in [0.5, 0.6) is 11.5 Å². The van der Waals surface area contributed by atoms with E-state index in [-0.39, 0.29) is 22.8 Å². The number of phenolic OH excluding ortho intramolecular Hbond substituents is 1. The third-order valence-electron chi connectivity index (χ3n) is 3.69. The molecule has 23 heavy (non-hydrogen) atoms. The van der Waals surface area contributed by atoms with Gasteiger partial charge in [0.15, 0.2) is 11.5 Å². The van der Waals surface area contributed by atoms with Crippen molar-refractivity contribution in [1.82, 2.24) is 4.90 Å². The number of carbonyl (C=O) groups excluding carboxylic acids is 2. The van der Waals surface area contributed by atoms with Gasteiger partial charge < -0.3 is 19.5 Å². The average Bonchev–Trinajstić information content (AvgIpc) is 2.75. The highest BCUT2D eigenvalue weighted by molar-refractivity contribution is 6.16. The molecule has 0 spiro atoms. The zero-order valence-electron chi connectivity index (χ0n) is 13.5. The number of esters is 1. The minimum atomic E-state index is -0.591. The van der Waals surface area contributed by atoms with Crippen molar-refractivity contribution < 1.29 is 24.2 Å². The maximum Gasteiger partial charge on any atom is 0.340 e. The summed E-state index contributed by atoms with van der Waals surface area (Å²) in [6, 6.07) is 4.97. The number of hydrogen-bond acceptors (Lipinski definition) is 5. The fourth-order valence-corrected chi connectivity index (χ4v) is 2.38. The molecule has 1 aromatic carbocycles. The molecule has 0 saturated heterocycles. The largest absolute Gasteiger partial charge is 0.504 e. The summed E-state index contributed by atoms with van der Waals surface area (Å²) in [5.41, 5.74) is 1.28. The summed E-state index contributed by atoms with van der Waals surface area (Å²) in [6.45, 7) is 3.88. The standard InChI is InChI=1S/C17H19NO5/c1-5-23-13-8-6-7-11(15(13)19)9-12-14(17(21)22-4)10(2)18(3)16(12)20/h6-9,19H,5H2,1-4H3/b12-9-. The first kappa shape index (κ1) is 16.6. The van der Waals surface area contributed by atoms with E-state index in [1.165, 1.54) is 18.1 Å². The van der Waals surface area contributed by atoms with Crippen LogP contribution in [-0.2, 0) is 14.3 Å². The fourth-order valence-electron chi connectivity index (χ4n) is 2.38. The molecule has 0 aromatic heterocycles. The molecule has 0 unspecified atom stereocenters. The summed E-state index contributed by atoms with van der Waals surface area (Å²) in [4.78, 5) is 25.7.